The van der Waals surface area contributed by atoms with Crippen molar-refractivity contribution in [3.63, 3.8) is 0 Å². The number of hydrazone groups is 1. The Labute approximate surface area is 155 Å². The first-order valence-electron chi connectivity index (χ1n) is 9.68. The van der Waals surface area contributed by atoms with E-state index in [0.717, 1.165) is 24.1 Å². The first-order valence-corrected chi connectivity index (χ1v) is 9.68. The van der Waals surface area contributed by atoms with Gasteiger partial charge in [-0.1, -0.05) is 56.5 Å². The quantitative estimate of drug-likeness (QED) is 0.901. The number of hydrogen-bond acceptors (Lipinski definition) is 3. The van der Waals surface area contributed by atoms with Gasteiger partial charge in [0.2, 0.25) is 11.8 Å². The van der Waals surface area contributed by atoms with Crippen molar-refractivity contribution in [3.05, 3.63) is 35.4 Å². The third-order valence-electron chi connectivity index (χ3n) is 5.84. The van der Waals surface area contributed by atoms with Crippen molar-refractivity contribution in [3.8, 4) is 0 Å². The van der Waals surface area contributed by atoms with Crippen LogP contribution in [0.25, 0.3) is 0 Å². The molecule has 1 aliphatic heterocycles. The molecule has 2 amide bonds. The number of benzene rings is 1. The molecule has 0 spiro atoms. The van der Waals surface area contributed by atoms with Gasteiger partial charge < -0.3 is 5.32 Å². The normalized spacial score (nSPS) is 26.4. The molecule has 5 nitrogen and oxygen atoms in total. The van der Waals surface area contributed by atoms with Crippen LogP contribution in [0.15, 0.2) is 29.4 Å². The number of amides is 2. The molecule has 1 aliphatic carbocycles. The lowest BCUT2D eigenvalue weighted by atomic mass is 9.78. The van der Waals surface area contributed by atoms with Gasteiger partial charge in [-0.2, -0.15) is 5.10 Å². The van der Waals surface area contributed by atoms with E-state index in [9.17, 15) is 9.59 Å². The van der Waals surface area contributed by atoms with Gasteiger partial charge in [0, 0.05) is 18.9 Å². The van der Waals surface area contributed by atoms with Crippen molar-refractivity contribution in [1.82, 2.24) is 10.3 Å². The van der Waals surface area contributed by atoms with E-state index in [0.29, 0.717) is 24.7 Å². The van der Waals surface area contributed by atoms with Crippen LogP contribution in [0.1, 0.15) is 57.1 Å². The molecular formula is C21H29N3O2. The van der Waals surface area contributed by atoms with Gasteiger partial charge in [-0.05, 0) is 30.7 Å². The molecule has 3 rings (SSSR count). The van der Waals surface area contributed by atoms with Crippen molar-refractivity contribution in [2.24, 2.45) is 16.9 Å². The fourth-order valence-electron chi connectivity index (χ4n) is 3.85. The van der Waals surface area contributed by atoms with E-state index >= 15 is 0 Å². The highest BCUT2D eigenvalue weighted by atomic mass is 16.2. The van der Waals surface area contributed by atoms with E-state index in [-0.39, 0.29) is 24.4 Å². The summed E-state index contributed by atoms with van der Waals surface area (Å²) >= 11 is 0. The second-order valence-electron chi connectivity index (χ2n) is 7.81. The zero-order chi connectivity index (χ0) is 18.7. The van der Waals surface area contributed by atoms with Gasteiger partial charge in [-0.25, -0.2) is 5.01 Å². The Morgan fingerprint density at radius 2 is 1.92 bits per heavy atom. The van der Waals surface area contributed by atoms with Gasteiger partial charge in [0.15, 0.2) is 0 Å². The topological polar surface area (TPSA) is 61.8 Å². The van der Waals surface area contributed by atoms with E-state index in [1.54, 1.807) is 0 Å². The summed E-state index contributed by atoms with van der Waals surface area (Å²) in [7, 11) is 0. The van der Waals surface area contributed by atoms with Crippen LogP contribution in [0.3, 0.4) is 0 Å². The maximum Gasteiger partial charge on any atom is 0.243 e. The Morgan fingerprint density at radius 3 is 2.65 bits per heavy atom. The molecular weight excluding hydrogens is 326 g/mol. The van der Waals surface area contributed by atoms with Gasteiger partial charge in [0.05, 0.1) is 5.71 Å². The van der Waals surface area contributed by atoms with Gasteiger partial charge in [0.25, 0.3) is 0 Å². The maximum absolute atomic E-state index is 12.5. The maximum atomic E-state index is 12.5. The molecule has 2 aliphatic rings. The van der Waals surface area contributed by atoms with Crippen molar-refractivity contribution in [2.75, 3.05) is 6.54 Å². The molecule has 1 saturated carbocycles. The van der Waals surface area contributed by atoms with Crippen LogP contribution in [0.5, 0.6) is 0 Å². The summed E-state index contributed by atoms with van der Waals surface area (Å²) in [5, 5.41) is 8.93. The van der Waals surface area contributed by atoms with Crippen LogP contribution >= 0.6 is 0 Å². The number of carbonyl (C=O) groups excluding carboxylic acids is 2. The minimum atomic E-state index is -0.113. The van der Waals surface area contributed by atoms with E-state index in [1.165, 1.54) is 17.0 Å². The molecule has 1 heterocycles. The number of aryl methyl sites for hydroxylation is 1. The number of carbonyl (C=O) groups is 2. The third-order valence-corrected chi connectivity index (χ3v) is 5.84. The van der Waals surface area contributed by atoms with Crippen LogP contribution in [0, 0.1) is 18.8 Å². The molecule has 1 aromatic rings. The molecule has 1 fully saturated rings. The zero-order valence-electron chi connectivity index (χ0n) is 16.0. The minimum absolute atomic E-state index is 0.00575. The van der Waals surface area contributed by atoms with E-state index < -0.39 is 0 Å². The standard InChI is InChI=1S/C21H29N3O2/c1-14-7-9-17(10-8-14)19-11-12-21(26)24(23-19)13-20(25)22-18-6-4-5-15(2)16(18)3/h7-10,15-16,18H,4-6,11-13H2,1-3H3,(H,22,25)/t15-,16+,18-/m1/s1. The molecule has 1 N–H and O–H groups in total. The van der Waals surface area contributed by atoms with Crippen LogP contribution in [-0.2, 0) is 9.59 Å². The first-order chi connectivity index (χ1) is 12.4. The predicted octanol–water partition coefficient (Wildman–Crippen LogP) is 3.26. The average molecular weight is 355 g/mol. The van der Waals surface area contributed by atoms with Crippen LogP contribution in [0.2, 0.25) is 0 Å². The fourth-order valence-corrected chi connectivity index (χ4v) is 3.85. The summed E-state index contributed by atoms with van der Waals surface area (Å²) in [4.78, 5) is 24.7. The molecule has 0 unspecified atom stereocenters. The Kier molecular flexibility index (Phi) is 5.74. The Balaban J connectivity index is 1.65. The highest BCUT2D eigenvalue weighted by molar-refractivity contribution is 6.04. The highest BCUT2D eigenvalue weighted by Crippen LogP contribution is 2.29. The summed E-state index contributed by atoms with van der Waals surface area (Å²) in [5.41, 5.74) is 3.08. The molecule has 0 bridgehead atoms. The average Bonchev–Trinajstić information content (AvgIpc) is 2.62. The second-order valence-corrected chi connectivity index (χ2v) is 7.81. The third kappa shape index (κ3) is 4.32. The molecule has 3 atom stereocenters. The summed E-state index contributed by atoms with van der Waals surface area (Å²) in [5.74, 6) is 0.896. The highest BCUT2D eigenvalue weighted by Gasteiger charge is 2.29. The lowest BCUT2D eigenvalue weighted by molar-refractivity contribution is -0.137. The monoisotopic (exact) mass is 355 g/mol. The van der Waals surface area contributed by atoms with E-state index in [1.807, 2.05) is 31.2 Å². The minimum Gasteiger partial charge on any atom is -0.351 e. The molecule has 26 heavy (non-hydrogen) atoms. The van der Waals surface area contributed by atoms with Crippen molar-refractivity contribution in [1.29, 1.82) is 0 Å². The summed E-state index contributed by atoms with van der Waals surface area (Å²) in [6.45, 7) is 6.50. The molecule has 0 aromatic heterocycles. The van der Waals surface area contributed by atoms with Crippen LogP contribution < -0.4 is 5.32 Å². The molecule has 0 radical (unpaired) electrons. The largest absolute Gasteiger partial charge is 0.351 e. The van der Waals surface area contributed by atoms with Crippen molar-refractivity contribution < 1.29 is 9.59 Å². The Hall–Kier alpha value is -2.17. The number of rotatable bonds is 4. The summed E-state index contributed by atoms with van der Waals surface area (Å²) in [6, 6.07) is 8.32. The van der Waals surface area contributed by atoms with Crippen LogP contribution in [0.4, 0.5) is 0 Å². The first kappa shape index (κ1) is 18.6. The van der Waals surface area contributed by atoms with Crippen molar-refractivity contribution >= 4 is 17.5 Å². The number of nitrogens with zero attached hydrogens (tertiary/aromatic N) is 2. The summed E-state index contributed by atoms with van der Waals surface area (Å²) < 4.78 is 0. The summed E-state index contributed by atoms with van der Waals surface area (Å²) in [6.07, 6.45) is 4.41. The lowest BCUT2D eigenvalue weighted by Crippen LogP contribution is -2.48. The molecule has 140 valence electrons. The molecule has 0 saturated heterocycles. The van der Waals surface area contributed by atoms with Gasteiger partial charge in [0.1, 0.15) is 6.54 Å². The Bertz CT molecular complexity index is 696. The van der Waals surface area contributed by atoms with E-state index in [4.69, 9.17) is 0 Å². The van der Waals surface area contributed by atoms with Gasteiger partial charge in [-0.3, -0.25) is 9.59 Å². The predicted molar refractivity (Wildman–Crippen MR) is 103 cm³/mol. The SMILES string of the molecule is Cc1ccc(C2=NN(CC(=O)N[C@@H]3CCC[C@@H](C)[C@@H]3C)C(=O)CC2)cc1. The number of hydrogen-bond donors (Lipinski definition) is 1. The van der Waals surface area contributed by atoms with Crippen molar-refractivity contribution in [2.45, 2.75) is 58.9 Å². The Morgan fingerprint density at radius 1 is 1.19 bits per heavy atom. The van der Waals surface area contributed by atoms with Gasteiger partial charge in [-0.15, -0.1) is 0 Å². The number of nitrogens with one attached hydrogen (secondary N) is 1. The van der Waals surface area contributed by atoms with Crippen LogP contribution in [-0.4, -0.2) is 35.1 Å². The zero-order valence-corrected chi connectivity index (χ0v) is 16.0. The van der Waals surface area contributed by atoms with Gasteiger partial charge >= 0.3 is 0 Å². The fraction of sp³-hybridized carbons (Fsp3) is 0.571. The lowest BCUT2D eigenvalue weighted by Gasteiger charge is -2.35. The smallest absolute Gasteiger partial charge is 0.243 e. The molecule has 5 heteroatoms. The molecule has 1 aromatic carbocycles. The second kappa shape index (κ2) is 8.02. The van der Waals surface area contributed by atoms with E-state index in [2.05, 4.69) is 24.3 Å².